The van der Waals surface area contributed by atoms with Gasteiger partial charge in [-0.05, 0) is 31.2 Å². The van der Waals surface area contributed by atoms with Crippen LogP contribution in [-0.4, -0.2) is 33.0 Å². The number of amides is 1. The molecular weight excluding hydrogens is 358 g/mol. The molecule has 0 fully saturated rings. The summed E-state index contributed by atoms with van der Waals surface area (Å²) >= 11 is 1.34. The number of aryl methyl sites for hydroxylation is 1. The van der Waals surface area contributed by atoms with Crippen molar-refractivity contribution in [2.24, 2.45) is 0 Å². The predicted octanol–water partition coefficient (Wildman–Crippen LogP) is 3.61. The summed E-state index contributed by atoms with van der Waals surface area (Å²) < 4.78 is 1.93. The summed E-state index contributed by atoms with van der Waals surface area (Å²) in [5, 5.41) is 17.9. The zero-order valence-corrected chi connectivity index (χ0v) is 15.8. The van der Waals surface area contributed by atoms with Crippen LogP contribution in [0.5, 0.6) is 0 Å². The number of thioether (sulfide) groups is 1. The Hall–Kier alpha value is -3.11. The first kappa shape index (κ1) is 18.7. The molecule has 2 aromatic carbocycles. The lowest BCUT2D eigenvalue weighted by molar-refractivity contribution is -0.116. The molecule has 0 radical (unpaired) electrons. The van der Waals surface area contributed by atoms with Gasteiger partial charge >= 0.3 is 0 Å². The number of nitriles is 1. The number of para-hydroxylation sites is 2. The van der Waals surface area contributed by atoms with Crippen LogP contribution in [0.15, 0.2) is 65.8 Å². The van der Waals surface area contributed by atoms with Crippen molar-refractivity contribution in [2.75, 3.05) is 17.2 Å². The molecule has 1 heterocycles. The van der Waals surface area contributed by atoms with Crippen molar-refractivity contribution >= 4 is 23.4 Å². The zero-order chi connectivity index (χ0) is 19.1. The molecule has 0 aliphatic carbocycles. The Balaban J connectivity index is 1.76. The van der Waals surface area contributed by atoms with Crippen molar-refractivity contribution in [2.45, 2.75) is 18.5 Å². The maximum Gasteiger partial charge on any atom is 0.237 e. The van der Waals surface area contributed by atoms with E-state index in [-0.39, 0.29) is 18.1 Å². The summed E-state index contributed by atoms with van der Waals surface area (Å²) in [7, 11) is 0. The van der Waals surface area contributed by atoms with Crippen molar-refractivity contribution in [3.8, 4) is 11.8 Å². The first-order chi connectivity index (χ1) is 13.2. The molecule has 0 unspecified atom stereocenters. The molecule has 0 spiro atoms. The topological polar surface area (TPSA) is 74.8 Å². The Bertz CT molecular complexity index is 934. The molecule has 1 amide bonds. The average molecular weight is 377 g/mol. The third-order valence-corrected chi connectivity index (χ3v) is 4.86. The summed E-state index contributed by atoms with van der Waals surface area (Å²) in [5.74, 6) is 0.910. The molecule has 3 aromatic rings. The third kappa shape index (κ3) is 4.54. The minimum absolute atomic E-state index is 0.0679. The van der Waals surface area contributed by atoms with E-state index in [2.05, 4.69) is 16.3 Å². The van der Waals surface area contributed by atoms with Gasteiger partial charge in [-0.25, -0.2) is 0 Å². The van der Waals surface area contributed by atoms with Gasteiger partial charge in [-0.15, -0.1) is 10.2 Å². The lowest BCUT2D eigenvalue weighted by Crippen LogP contribution is -2.33. The van der Waals surface area contributed by atoms with Gasteiger partial charge in [-0.3, -0.25) is 9.36 Å². The maximum absolute atomic E-state index is 12.8. The lowest BCUT2D eigenvalue weighted by atomic mass is 10.2. The van der Waals surface area contributed by atoms with Crippen LogP contribution in [0.3, 0.4) is 0 Å². The van der Waals surface area contributed by atoms with Crippen LogP contribution >= 0.6 is 11.8 Å². The second kappa shape index (κ2) is 9.01. The van der Waals surface area contributed by atoms with Gasteiger partial charge < -0.3 is 4.90 Å². The van der Waals surface area contributed by atoms with E-state index in [0.717, 1.165) is 17.2 Å². The van der Waals surface area contributed by atoms with Gasteiger partial charge in [0.2, 0.25) is 5.91 Å². The number of rotatable bonds is 7. The number of benzene rings is 2. The van der Waals surface area contributed by atoms with E-state index >= 15 is 0 Å². The molecule has 0 aliphatic heterocycles. The number of carbonyl (C=O) groups is 1. The quantitative estimate of drug-likeness (QED) is 0.588. The van der Waals surface area contributed by atoms with E-state index in [1.54, 1.807) is 4.90 Å². The highest BCUT2D eigenvalue weighted by atomic mass is 32.2. The van der Waals surface area contributed by atoms with E-state index in [9.17, 15) is 4.79 Å². The third-order valence-electron chi connectivity index (χ3n) is 3.95. The number of aromatic nitrogens is 3. The molecule has 7 heteroatoms. The van der Waals surface area contributed by atoms with Crippen LogP contribution in [0.1, 0.15) is 12.2 Å². The van der Waals surface area contributed by atoms with Gasteiger partial charge in [0.25, 0.3) is 0 Å². The highest BCUT2D eigenvalue weighted by molar-refractivity contribution is 7.99. The highest BCUT2D eigenvalue weighted by Crippen LogP contribution is 2.23. The van der Waals surface area contributed by atoms with Crippen molar-refractivity contribution in [3.63, 3.8) is 0 Å². The van der Waals surface area contributed by atoms with Gasteiger partial charge in [0, 0.05) is 17.9 Å². The molecule has 0 N–H and O–H groups in total. The molecule has 0 aliphatic rings. The number of hydrogen-bond donors (Lipinski definition) is 0. The number of nitrogens with zero attached hydrogens (tertiary/aromatic N) is 5. The largest absolute Gasteiger partial charge is 0.311 e. The molecule has 1 aromatic heterocycles. The van der Waals surface area contributed by atoms with Crippen molar-refractivity contribution in [1.29, 1.82) is 5.26 Å². The van der Waals surface area contributed by atoms with Crippen LogP contribution in [0.4, 0.5) is 5.69 Å². The molecule has 6 nitrogen and oxygen atoms in total. The van der Waals surface area contributed by atoms with Crippen LogP contribution < -0.4 is 4.90 Å². The molecular formula is C20H19N5OS. The molecule has 0 saturated carbocycles. The summed E-state index contributed by atoms with van der Waals surface area (Å²) in [4.78, 5) is 14.5. The minimum atomic E-state index is -0.0679. The van der Waals surface area contributed by atoms with E-state index < -0.39 is 0 Å². The normalized spacial score (nSPS) is 10.4. The molecule has 0 bridgehead atoms. The molecule has 0 atom stereocenters. The van der Waals surface area contributed by atoms with E-state index in [1.165, 1.54) is 11.8 Å². The van der Waals surface area contributed by atoms with E-state index in [4.69, 9.17) is 5.26 Å². The first-order valence-electron chi connectivity index (χ1n) is 8.53. The Labute approximate surface area is 162 Å². The van der Waals surface area contributed by atoms with Crippen LogP contribution in [0.2, 0.25) is 0 Å². The van der Waals surface area contributed by atoms with Gasteiger partial charge in [0.05, 0.1) is 18.2 Å². The molecule has 136 valence electrons. The smallest absolute Gasteiger partial charge is 0.237 e. The average Bonchev–Trinajstić information content (AvgIpc) is 3.08. The van der Waals surface area contributed by atoms with E-state index in [0.29, 0.717) is 11.7 Å². The Morgan fingerprint density at radius 2 is 1.78 bits per heavy atom. The lowest BCUT2D eigenvalue weighted by Gasteiger charge is -2.21. The van der Waals surface area contributed by atoms with Crippen molar-refractivity contribution < 1.29 is 4.79 Å². The summed E-state index contributed by atoms with van der Waals surface area (Å²) in [6.45, 7) is 2.25. The summed E-state index contributed by atoms with van der Waals surface area (Å²) in [6.07, 6.45) is 0.282. The zero-order valence-electron chi connectivity index (χ0n) is 14.9. The van der Waals surface area contributed by atoms with Gasteiger partial charge in [-0.2, -0.15) is 5.26 Å². The Morgan fingerprint density at radius 1 is 1.11 bits per heavy atom. The SMILES string of the molecule is Cc1nnc(SCC(=O)N(CCC#N)c2ccccc2)n1-c1ccccc1. The second-order valence-electron chi connectivity index (χ2n) is 5.78. The monoisotopic (exact) mass is 377 g/mol. The fourth-order valence-electron chi connectivity index (χ4n) is 2.68. The molecule has 3 rings (SSSR count). The molecule has 0 saturated heterocycles. The van der Waals surface area contributed by atoms with Crippen LogP contribution in [0, 0.1) is 18.3 Å². The fraction of sp³-hybridized carbons (Fsp3) is 0.200. The second-order valence-corrected chi connectivity index (χ2v) is 6.72. The number of carbonyl (C=O) groups excluding carboxylic acids is 1. The van der Waals surface area contributed by atoms with E-state index in [1.807, 2.05) is 72.2 Å². The predicted molar refractivity (Wildman–Crippen MR) is 106 cm³/mol. The fourth-order valence-corrected chi connectivity index (χ4v) is 3.56. The summed E-state index contributed by atoms with van der Waals surface area (Å²) in [6, 6.07) is 21.3. The van der Waals surface area contributed by atoms with Gasteiger partial charge in [-0.1, -0.05) is 48.2 Å². The van der Waals surface area contributed by atoms with Crippen molar-refractivity contribution in [1.82, 2.24) is 14.8 Å². The minimum Gasteiger partial charge on any atom is -0.311 e. The Morgan fingerprint density at radius 3 is 2.44 bits per heavy atom. The summed E-state index contributed by atoms with van der Waals surface area (Å²) in [5.41, 5.74) is 1.75. The maximum atomic E-state index is 12.8. The Kier molecular flexibility index (Phi) is 6.23. The van der Waals surface area contributed by atoms with Crippen molar-refractivity contribution in [3.05, 3.63) is 66.5 Å². The molecule has 27 heavy (non-hydrogen) atoms. The van der Waals surface area contributed by atoms with Crippen LogP contribution in [0.25, 0.3) is 5.69 Å². The first-order valence-corrected chi connectivity index (χ1v) is 9.52. The highest BCUT2D eigenvalue weighted by Gasteiger charge is 2.18. The number of anilines is 1. The van der Waals surface area contributed by atoms with Crippen LogP contribution in [-0.2, 0) is 4.79 Å². The van der Waals surface area contributed by atoms with Gasteiger partial charge in [0.15, 0.2) is 5.16 Å². The standard InChI is InChI=1S/C20H19N5OS/c1-16-22-23-20(25(16)18-11-6-3-7-12-18)27-15-19(26)24(14-8-13-21)17-9-4-2-5-10-17/h2-7,9-12H,8,14-15H2,1H3. The van der Waals surface area contributed by atoms with Gasteiger partial charge in [0.1, 0.15) is 5.82 Å². The number of hydrogen-bond acceptors (Lipinski definition) is 5.